The molecule has 23 heavy (non-hydrogen) atoms. The summed E-state index contributed by atoms with van der Waals surface area (Å²) in [6, 6.07) is 10.9. The molecule has 0 bridgehead atoms. The monoisotopic (exact) mass is 333 g/mol. The Morgan fingerprint density at radius 2 is 1.61 bits per heavy atom. The summed E-state index contributed by atoms with van der Waals surface area (Å²) in [6.07, 6.45) is 0. The first-order valence-corrected chi connectivity index (χ1v) is 9.05. The number of ether oxygens (including phenoxy) is 1. The van der Waals surface area contributed by atoms with Gasteiger partial charge in [0.2, 0.25) is 10.0 Å². The largest absolute Gasteiger partial charge is 0.492 e. The van der Waals surface area contributed by atoms with E-state index in [0.29, 0.717) is 0 Å². The third-order valence-electron chi connectivity index (χ3n) is 3.55. The number of nitrogens with one attached hydrogen (secondary N) is 1. The van der Waals surface area contributed by atoms with Crippen molar-refractivity contribution in [2.75, 3.05) is 13.2 Å². The maximum Gasteiger partial charge on any atom is 0.240 e. The van der Waals surface area contributed by atoms with Crippen LogP contribution < -0.4 is 9.46 Å². The van der Waals surface area contributed by atoms with Crippen LogP contribution in [0.5, 0.6) is 5.75 Å². The highest BCUT2D eigenvalue weighted by molar-refractivity contribution is 7.89. The molecule has 0 fully saturated rings. The second-order valence-corrected chi connectivity index (χ2v) is 7.56. The molecule has 2 rings (SSSR count). The van der Waals surface area contributed by atoms with Gasteiger partial charge in [-0.3, -0.25) is 0 Å². The lowest BCUT2D eigenvalue weighted by Gasteiger charge is -2.13. The second-order valence-electron chi connectivity index (χ2n) is 5.79. The van der Waals surface area contributed by atoms with Crippen molar-refractivity contribution < 1.29 is 13.2 Å². The summed E-state index contributed by atoms with van der Waals surface area (Å²) in [5.74, 6) is 0.824. The van der Waals surface area contributed by atoms with E-state index < -0.39 is 10.0 Å². The van der Waals surface area contributed by atoms with Crippen molar-refractivity contribution in [3.63, 3.8) is 0 Å². The van der Waals surface area contributed by atoms with Crippen LogP contribution >= 0.6 is 0 Å². The SMILES string of the molecule is Cc1cccc(S(=O)(=O)NCCOc2c(C)cc(C)cc2C)c1. The number of benzene rings is 2. The summed E-state index contributed by atoms with van der Waals surface area (Å²) in [4.78, 5) is 0.278. The fourth-order valence-corrected chi connectivity index (χ4v) is 3.71. The van der Waals surface area contributed by atoms with Crippen molar-refractivity contribution in [2.45, 2.75) is 32.6 Å². The molecule has 0 unspecified atom stereocenters. The Morgan fingerprint density at radius 1 is 0.957 bits per heavy atom. The Balaban J connectivity index is 1.95. The molecule has 0 amide bonds. The Kier molecular flexibility index (Phi) is 5.44. The molecular formula is C18H23NO3S. The maximum atomic E-state index is 12.2. The number of hydrogen-bond donors (Lipinski definition) is 1. The summed E-state index contributed by atoms with van der Waals surface area (Å²) in [5.41, 5.74) is 4.22. The van der Waals surface area contributed by atoms with Crippen LogP contribution in [0.2, 0.25) is 0 Å². The highest BCUT2D eigenvalue weighted by atomic mass is 32.2. The molecule has 0 aliphatic rings. The number of aryl methyl sites for hydroxylation is 4. The van der Waals surface area contributed by atoms with Gasteiger partial charge in [0.25, 0.3) is 0 Å². The lowest BCUT2D eigenvalue weighted by Crippen LogP contribution is -2.28. The highest BCUT2D eigenvalue weighted by Gasteiger charge is 2.13. The van der Waals surface area contributed by atoms with Gasteiger partial charge < -0.3 is 4.74 Å². The minimum absolute atomic E-state index is 0.225. The van der Waals surface area contributed by atoms with Crippen LogP contribution in [-0.4, -0.2) is 21.6 Å². The zero-order chi connectivity index (χ0) is 17.0. The smallest absolute Gasteiger partial charge is 0.240 e. The topological polar surface area (TPSA) is 55.4 Å². The van der Waals surface area contributed by atoms with Gasteiger partial charge in [0.15, 0.2) is 0 Å². The minimum Gasteiger partial charge on any atom is -0.492 e. The number of rotatable bonds is 6. The van der Waals surface area contributed by atoms with Gasteiger partial charge in [-0.25, -0.2) is 13.1 Å². The van der Waals surface area contributed by atoms with E-state index in [4.69, 9.17) is 4.74 Å². The van der Waals surface area contributed by atoms with Crippen LogP contribution in [0.1, 0.15) is 22.3 Å². The zero-order valence-corrected chi connectivity index (χ0v) is 14.8. The molecule has 0 heterocycles. The third kappa shape index (κ3) is 4.56. The highest BCUT2D eigenvalue weighted by Crippen LogP contribution is 2.24. The fraction of sp³-hybridized carbons (Fsp3) is 0.333. The Bertz CT molecular complexity index is 775. The molecule has 0 aromatic heterocycles. The Morgan fingerprint density at radius 3 is 2.22 bits per heavy atom. The van der Waals surface area contributed by atoms with E-state index in [9.17, 15) is 8.42 Å². The second kappa shape index (κ2) is 7.15. The van der Waals surface area contributed by atoms with Gasteiger partial charge in [0.05, 0.1) is 4.90 Å². The van der Waals surface area contributed by atoms with Crippen LogP contribution in [-0.2, 0) is 10.0 Å². The zero-order valence-electron chi connectivity index (χ0n) is 14.0. The average Bonchev–Trinajstić information content (AvgIpc) is 2.45. The van der Waals surface area contributed by atoms with Crippen LogP contribution in [0.3, 0.4) is 0 Å². The van der Waals surface area contributed by atoms with Crippen LogP contribution in [0.4, 0.5) is 0 Å². The molecule has 2 aromatic rings. The summed E-state index contributed by atoms with van der Waals surface area (Å²) in [7, 11) is -3.49. The van der Waals surface area contributed by atoms with E-state index in [0.717, 1.165) is 22.4 Å². The molecule has 0 saturated heterocycles. The van der Waals surface area contributed by atoms with E-state index in [1.807, 2.05) is 33.8 Å². The van der Waals surface area contributed by atoms with Crippen molar-refractivity contribution >= 4 is 10.0 Å². The summed E-state index contributed by atoms with van der Waals surface area (Å²) >= 11 is 0. The predicted octanol–water partition coefficient (Wildman–Crippen LogP) is 3.28. The first kappa shape index (κ1) is 17.5. The van der Waals surface area contributed by atoms with Crippen LogP contribution in [0.25, 0.3) is 0 Å². The van der Waals surface area contributed by atoms with Crippen LogP contribution in [0, 0.1) is 27.7 Å². The summed E-state index contributed by atoms with van der Waals surface area (Å²) in [5, 5.41) is 0. The first-order valence-electron chi connectivity index (χ1n) is 7.56. The third-order valence-corrected chi connectivity index (χ3v) is 5.00. The van der Waals surface area contributed by atoms with Gasteiger partial charge in [-0.05, 0) is 56.5 Å². The first-order chi connectivity index (χ1) is 10.8. The van der Waals surface area contributed by atoms with Gasteiger partial charge in [-0.2, -0.15) is 0 Å². The standard InChI is InChI=1S/C18H23NO3S/c1-13-6-5-7-17(12-13)23(20,21)19-8-9-22-18-15(3)10-14(2)11-16(18)4/h5-7,10-12,19H,8-9H2,1-4H3. The lowest BCUT2D eigenvalue weighted by atomic mass is 10.1. The molecule has 0 spiro atoms. The summed E-state index contributed by atoms with van der Waals surface area (Å²) in [6.45, 7) is 8.40. The molecular weight excluding hydrogens is 310 g/mol. The maximum absolute atomic E-state index is 12.2. The van der Waals surface area contributed by atoms with E-state index in [1.165, 1.54) is 5.56 Å². The van der Waals surface area contributed by atoms with Crippen molar-refractivity contribution in [1.29, 1.82) is 0 Å². The molecule has 124 valence electrons. The molecule has 0 atom stereocenters. The van der Waals surface area contributed by atoms with E-state index >= 15 is 0 Å². The molecule has 0 aliphatic carbocycles. The molecule has 0 radical (unpaired) electrons. The van der Waals surface area contributed by atoms with E-state index in [2.05, 4.69) is 16.9 Å². The molecule has 1 N–H and O–H groups in total. The van der Waals surface area contributed by atoms with Gasteiger partial charge in [-0.15, -0.1) is 0 Å². The van der Waals surface area contributed by atoms with Gasteiger partial charge >= 0.3 is 0 Å². The fourth-order valence-electron chi connectivity index (χ4n) is 2.59. The molecule has 4 nitrogen and oxygen atoms in total. The Hall–Kier alpha value is -1.85. The van der Waals surface area contributed by atoms with Crippen LogP contribution in [0.15, 0.2) is 41.3 Å². The van der Waals surface area contributed by atoms with Gasteiger partial charge in [0.1, 0.15) is 12.4 Å². The molecule has 0 saturated carbocycles. The van der Waals surface area contributed by atoms with Gasteiger partial charge in [0, 0.05) is 6.54 Å². The Labute approximate surface area is 138 Å². The quantitative estimate of drug-likeness (QED) is 0.826. The van der Waals surface area contributed by atoms with E-state index in [1.54, 1.807) is 18.2 Å². The molecule has 0 aliphatic heterocycles. The predicted molar refractivity (Wildman–Crippen MR) is 92.5 cm³/mol. The minimum atomic E-state index is -3.49. The van der Waals surface area contributed by atoms with E-state index in [-0.39, 0.29) is 18.0 Å². The van der Waals surface area contributed by atoms with Crippen molar-refractivity contribution in [3.8, 4) is 5.75 Å². The van der Waals surface area contributed by atoms with Crippen molar-refractivity contribution in [3.05, 3.63) is 58.7 Å². The normalized spacial score (nSPS) is 11.5. The van der Waals surface area contributed by atoms with Crippen molar-refractivity contribution in [1.82, 2.24) is 4.72 Å². The lowest BCUT2D eigenvalue weighted by molar-refractivity contribution is 0.318. The number of hydrogen-bond acceptors (Lipinski definition) is 3. The molecule has 5 heteroatoms. The number of sulfonamides is 1. The summed E-state index contributed by atoms with van der Waals surface area (Å²) < 4.78 is 32.7. The van der Waals surface area contributed by atoms with Gasteiger partial charge in [-0.1, -0.05) is 29.8 Å². The van der Waals surface area contributed by atoms with Crippen molar-refractivity contribution in [2.24, 2.45) is 0 Å². The average molecular weight is 333 g/mol. The molecule has 2 aromatic carbocycles.